The zero-order valence-electron chi connectivity index (χ0n) is 11.4. The zero-order chi connectivity index (χ0) is 12.8. The van der Waals surface area contributed by atoms with Gasteiger partial charge in [0.1, 0.15) is 6.79 Å². The van der Waals surface area contributed by atoms with Gasteiger partial charge in [-0.1, -0.05) is 32.0 Å². The third-order valence-electron chi connectivity index (χ3n) is 3.46. The fourth-order valence-corrected chi connectivity index (χ4v) is 2.37. The van der Waals surface area contributed by atoms with Crippen LogP contribution in [-0.4, -0.2) is 26.0 Å². The van der Waals surface area contributed by atoms with Crippen molar-refractivity contribution in [2.24, 2.45) is 0 Å². The monoisotopic (exact) mass is 249 g/mol. The highest BCUT2D eigenvalue weighted by atomic mass is 16.7. The molecule has 1 heterocycles. The Bertz CT molecular complexity index is 351. The molecule has 2 rings (SSSR count). The zero-order valence-corrected chi connectivity index (χ0v) is 11.4. The summed E-state index contributed by atoms with van der Waals surface area (Å²) in [4.78, 5) is 0. The van der Waals surface area contributed by atoms with Gasteiger partial charge in [-0.2, -0.15) is 0 Å². The molecule has 18 heavy (non-hydrogen) atoms. The van der Waals surface area contributed by atoms with Gasteiger partial charge in [0.25, 0.3) is 0 Å². The Kier molecular flexibility index (Phi) is 5.02. The molecule has 0 bridgehead atoms. The van der Waals surface area contributed by atoms with Crippen molar-refractivity contribution in [3.63, 3.8) is 0 Å². The molecule has 1 aromatic rings. The van der Waals surface area contributed by atoms with E-state index in [1.165, 1.54) is 16.8 Å². The Hall–Kier alpha value is -1.06. The van der Waals surface area contributed by atoms with Crippen molar-refractivity contribution in [1.29, 1.82) is 0 Å². The number of rotatable bonds is 6. The summed E-state index contributed by atoms with van der Waals surface area (Å²) in [7, 11) is 0. The lowest BCUT2D eigenvalue weighted by Gasteiger charge is -2.16. The summed E-state index contributed by atoms with van der Waals surface area (Å²) in [5, 5.41) is 3.58. The van der Waals surface area contributed by atoms with Crippen LogP contribution in [0.15, 0.2) is 18.2 Å². The second-order valence-corrected chi connectivity index (χ2v) is 4.65. The van der Waals surface area contributed by atoms with Crippen molar-refractivity contribution in [3.8, 4) is 0 Å². The lowest BCUT2D eigenvalue weighted by Crippen LogP contribution is -2.16. The maximum Gasteiger partial charge on any atom is 0.147 e. The summed E-state index contributed by atoms with van der Waals surface area (Å²) in [5.41, 5.74) is 4.12. The molecular weight excluding hydrogens is 226 g/mol. The van der Waals surface area contributed by atoms with Crippen molar-refractivity contribution in [2.45, 2.75) is 39.2 Å². The quantitative estimate of drug-likeness (QED) is 0.840. The Morgan fingerprint density at radius 3 is 2.50 bits per heavy atom. The van der Waals surface area contributed by atoms with Crippen molar-refractivity contribution in [2.75, 3.05) is 25.3 Å². The molecule has 3 nitrogen and oxygen atoms in total. The fraction of sp³-hybridized carbons (Fsp3) is 0.600. The number of benzene rings is 1. The number of anilines is 1. The minimum atomic E-state index is 0.261. The molecule has 3 heteroatoms. The van der Waals surface area contributed by atoms with Crippen molar-refractivity contribution < 1.29 is 9.47 Å². The fourth-order valence-electron chi connectivity index (χ4n) is 2.37. The molecule has 0 amide bonds. The molecule has 0 spiro atoms. The first kappa shape index (κ1) is 13.4. The smallest absolute Gasteiger partial charge is 0.147 e. The molecule has 100 valence electrons. The average Bonchev–Trinajstić information content (AvgIpc) is 2.92. The standard InChI is InChI=1S/C15H23NO2/c1-3-12-6-5-7-13(4-2)15(12)16-9-8-14-10-17-11-18-14/h5-7,14,16H,3-4,8-11H2,1-2H3. The van der Waals surface area contributed by atoms with E-state index in [1.54, 1.807) is 0 Å². The highest BCUT2D eigenvalue weighted by molar-refractivity contribution is 5.57. The van der Waals surface area contributed by atoms with E-state index in [4.69, 9.17) is 9.47 Å². The average molecular weight is 249 g/mol. The van der Waals surface area contributed by atoms with Gasteiger partial charge in [0.05, 0.1) is 12.7 Å². The second kappa shape index (κ2) is 6.76. The summed E-state index contributed by atoms with van der Waals surface area (Å²) in [6.07, 6.45) is 3.40. The second-order valence-electron chi connectivity index (χ2n) is 4.65. The van der Waals surface area contributed by atoms with Crippen LogP contribution in [0.5, 0.6) is 0 Å². The van der Waals surface area contributed by atoms with Crippen LogP contribution in [-0.2, 0) is 22.3 Å². The number of para-hydroxylation sites is 1. The summed E-state index contributed by atoms with van der Waals surface area (Å²) >= 11 is 0. The maximum absolute atomic E-state index is 5.44. The SMILES string of the molecule is CCc1cccc(CC)c1NCCC1COCO1. The molecule has 1 N–H and O–H groups in total. The molecular formula is C15H23NO2. The first-order valence-electron chi connectivity index (χ1n) is 6.89. The third kappa shape index (κ3) is 3.24. The molecule has 1 fully saturated rings. The predicted molar refractivity (Wildman–Crippen MR) is 74.0 cm³/mol. The van der Waals surface area contributed by atoms with Gasteiger partial charge in [-0.3, -0.25) is 0 Å². The lowest BCUT2D eigenvalue weighted by atomic mass is 10.0. The maximum atomic E-state index is 5.44. The van der Waals surface area contributed by atoms with E-state index in [1.807, 2.05) is 0 Å². The van der Waals surface area contributed by atoms with E-state index >= 15 is 0 Å². The first-order chi connectivity index (χ1) is 8.85. The molecule has 0 aromatic heterocycles. The van der Waals surface area contributed by atoms with E-state index in [0.717, 1.165) is 32.4 Å². The van der Waals surface area contributed by atoms with Crippen LogP contribution < -0.4 is 5.32 Å². The van der Waals surface area contributed by atoms with Gasteiger partial charge >= 0.3 is 0 Å². The summed E-state index contributed by atoms with van der Waals surface area (Å²) < 4.78 is 10.6. The van der Waals surface area contributed by atoms with Gasteiger partial charge < -0.3 is 14.8 Å². The number of nitrogens with one attached hydrogen (secondary N) is 1. The van der Waals surface area contributed by atoms with Crippen LogP contribution in [0.4, 0.5) is 5.69 Å². The Labute approximate surface area is 109 Å². The van der Waals surface area contributed by atoms with Gasteiger partial charge in [0.2, 0.25) is 0 Å². The van der Waals surface area contributed by atoms with Gasteiger partial charge in [0.15, 0.2) is 0 Å². The van der Waals surface area contributed by atoms with E-state index in [9.17, 15) is 0 Å². The Morgan fingerprint density at radius 1 is 1.22 bits per heavy atom. The third-order valence-corrected chi connectivity index (χ3v) is 3.46. The van der Waals surface area contributed by atoms with Gasteiger partial charge in [0, 0.05) is 12.2 Å². The summed E-state index contributed by atoms with van der Waals surface area (Å²) in [5.74, 6) is 0. The van der Waals surface area contributed by atoms with Gasteiger partial charge in [-0.05, 0) is 30.4 Å². The highest BCUT2D eigenvalue weighted by Gasteiger charge is 2.15. The van der Waals surface area contributed by atoms with E-state index in [0.29, 0.717) is 6.79 Å². The van der Waals surface area contributed by atoms with Gasteiger partial charge in [-0.25, -0.2) is 0 Å². The minimum absolute atomic E-state index is 0.261. The molecule has 1 aliphatic rings. The van der Waals surface area contributed by atoms with Crippen LogP contribution in [0, 0.1) is 0 Å². The molecule has 0 radical (unpaired) electrons. The largest absolute Gasteiger partial charge is 0.385 e. The first-order valence-corrected chi connectivity index (χ1v) is 6.89. The molecule has 1 saturated heterocycles. The molecule has 1 aromatic carbocycles. The lowest BCUT2D eigenvalue weighted by molar-refractivity contribution is 0.0456. The highest BCUT2D eigenvalue weighted by Crippen LogP contribution is 2.22. The van der Waals surface area contributed by atoms with Crippen LogP contribution >= 0.6 is 0 Å². The molecule has 1 aliphatic heterocycles. The van der Waals surface area contributed by atoms with Crippen LogP contribution in [0.2, 0.25) is 0 Å². The minimum Gasteiger partial charge on any atom is -0.385 e. The Morgan fingerprint density at radius 2 is 1.94 bits per heavy atom. The number of hydrogen-bond acceptors (Lipinski definition) is 3. The molecule has 0 saturated carbocycles. The summed E-state index contributed by atoms with van der Waals surface area (Å²) in [6.45, 7) is 6.54. The van der Waals surface area contributed by atoms with Crippen LogP contribution in [0.3, 0.4) is 0 Å². The van der Waals surface area contributed by atoms with Crippen molar-refractivity contribution in [1.82, 2.24) is 0 Å². The molecule has 1 unspecified atom stereocenters. The molecule has 0 aliphatic carbocycles. The number of ether oxygens (including phenoxy) is 2. The number of aryl methyl sites for hydroxylation is 2. The van der Waals surface area contributed by atoms with Crippen LogP contribution in [0.1, 0.15) is 31.4 Å². The topological polar surface area (TPSA) is 30.5 Å². The Balaban J connectivity index is 1.94. The molecule has 1 atom stereocenters. The van der Waals surface area contributed by atoms with E-state index in [2.05, 4.69) is 37.4 Å². The summed E-state index contributed by atoms with van der Waals surface area (Å²) in [6, 6.07) is 6.56. The van der Waals surface area contributed by atoms with E-state index < -0.39 is 0 Å². The van der Waals surface area contributed by atoms with Crippen molar-refractivity contribution in [3.05, 3.63) is 29.3 Å². The van der Waals surface area contributed by atoms with Crippen molar-refractivity contribution >= 4 is 5.69 Å². The number of hydrogen-bond donors (Lipinski definition) is 1. The predicted octanol–water partition coefficient (Wildman–Crippen LogP) is 2.99. The normalized spacial score (nSPS) is 19.1. The van der Waals surface area contributed by atoms with Gasteiger partial charge in [-0.15, -0.1) is 0 Å². The van der Waals surface area contributed by atoms with Crippen LogP contribution in [0.25, 0.3) is 0 Å². The van der Waals surface area contributed by atoms with E-state index in [-0.39, 0.29) is 6.10 Å².